The first-order valence-corrected chi connectivity index (χ1v) is 9.46. The van der Waals surface area contributed by atoms with E-state index in [1.165, 1.54) is 32.4 Å². The van der Waals surface area contributed by atoms with Crippen LogP contribution in [-0.2, 0) is 25.7 Å². The lowest BCUT2D eigenvalue weighted by Crippen LogP contribution is -2.27. The van der Waals surface area contributed by atoms with Crippen LogP contribution in [0.3, 0.4) is 0 Å². The molecule has 9 nitrogen and oxygen atoms in total. The molecule has 166 valence electrons. The van der Waals surface area contributed by atoms with Gasteiger partial charge in [0.05, 0.1) is 19.8 Å². The fourth-order valence-electron chi connectivity index (χ4n) is 3.06. The maximum absolute atomic E-state index is 12.5. The van der Waals surface area contributed by atoms with Crippen molar-refractivity contribution in [1.82, 2.24) is 0 Å². The molecule has 32 heavy (non-hydrogen) atoms. The van der Waals surface area contributed by atoms with Gasteiger partial charge in [0.25, 0.3) is 0 Å². The van der Waals surface area contributed by atoms with Crippen LogP contribution in [0.15, 0.2) is 70.4 Å². The second-order valence-corrected chi connectivity index (χ2v) is 6.62. The average Bonchev–Trinajstić information content (AvgIpc) is 3.16. The number of ether oxygens (including phenoxy) is 3. The van der Waals surface area contributed by atoms with E-state index in [1.54, 1.807) is 41.5 Å². The van der Waals surface area contributed by atoms with E-state index in [2.05, 4.69) is 0 Å². The van der Waals surface area contributed by atoms with E-state index in [0.717, 1.165) is 5.56 Å². The van der Waals surface area contributed by atoms with Crippen molar-refractivity contribution in [1.29, 1.82) is 0 Å². The third-order valence-electron chi connectivity index (χ3n) is 4.57. The lowest BCUT2D eigenvalue weighted by molar-refractivity contribution is -0.139. The normalized spacial score (nSPS) is 13.0. The third kappa shape index (κ3) is 4.72. The second kappa shape index (κ2) is 9.69. The molecule has 0 saturated carbocycles. The molecule has 0 bridgehead atoms. The standard InChI is InChI=1S/C23H21NO8/c1-14-12-15(31-13-16-8-10-19(32-16)21(25)26)7-9-18(14)24-11-5-4-6-17(22(27)29-2)20(24)23(28)30-3/h4-12H,13H2,1-3H3,(H,25,26). The average molecular weight is 439 g/mol. The molecule has 0 spiro atoms. The quantitative estimate of drug-likeness (QED) is 0.648. The number of furan rings is 1. The van der Waals surface area contributed by atoms with Crippen LogP contribution in [0.4, 0.5) is 5.69 Å². The van der Waals surface area contributed by atoms with Crippen molar-refractivity contribution in [2.75, 3.05) is 19.1 Å². The molecule has 0 aliphatic carbocycles. The molecule has 2 aromatic rings. The van der Waals surface area contributed by atoms with E-state index >= 15 is 0 Å². The summed E-state index contributed by atoms with van der Waals surface area (Å²) in [5, 5.41) is 8.93. The lowest BCUT2D eigenvalue weighted by atomic mass is 10.1. The molecule has 0 amide bonds. The number of nitrogens with zero attached hydrogens (tertiary/aromatic N) is 1. The molecule has 9 heteroatoms. The van der Waals surface area contributed by atoms with Crippen LogP contribution in [0.2, 0.25) is 0 Å². The van der Waals surface area contributed by atoms with Crippen LogP contribution in [0.5, 0.6) is 5.75 Å². The first kappa shape index (κ1) is 22.4. The van der Waals surface area contributed by atoms with Crippen LogP contribution in [0, 0.1) is 6.92 Å². The third-order valence-corrected chi connectivity index (χ3v) is 4.57. The van der Waals surface area contributed by atoms with E-state index < -0.39 is 17.9 Å². The number of hydrogen-bond donors (Lipinski definition) is 1. The highest BCUT2D eigenvalue weighted by molar-refractivity contribution is 6.05. The number of carbonyl (C=O) groups excluding carboxylic acids is 2. The van der Waals surface area contributed by atoms with Gasteiger partial charge in [0, 0.05) is 11.9 Å². The van der Waals surface area contributed by atoms with Crippen molar-refractivity contribution in [3.05, 3.63) is 83.1 Å². The number of methoxy groups -OCH3 is 2. The van der Waals surface area contributed by atoms with Crippen LogP contribution in [-0.4, -0.2) is 37.2 Å². The maximum atomic E-state index is 12.5. The maximum Gasteiger partial charge on any atom is 0.371 e. The fraction of sp³-hybridized carbons (Fsp3) is 0.174. The van der Waals surface area contributed by atoms with Gasteiger partial charge in [0.1, 0.15) is 23.8 Å². The minimum atomic E-state index is -1.16. The monoisotopic (exact) mass is 439 g/mol. The molecular formula is C23H21NO8. The van der Waals surface area contributed by atoms with Crippen LogP contribution >= 0.6 is 0 Å². The highest BCUT2D eigenvalue weighted by Crippen LogP contribution is 2.31. The van der Waals surface area contributed by atoms with E-state index in [9.17, 15) is 14.4 Å². The lowest BCUT2D eigenvalue weighted by Gasteiger charge is -2.25. The van der Waals surface area contributed by atoms with Crippen molar-refractivity contribution >= 4 is 23.6 Å². The van der Waals surface area contributed by atoms with Crippen molar-refractivity contribution < 1.29 is 38.1 Å². The summed E-state index contributed by atoms with van der Waals surface area (Å²) >= 11 is 0. The molecule has 1 aliphatic rings. The molecule has 1 N–H and O–H groups in total. The van der Waals surface area contributed by atoms with E-state index in [-0.39, 0.29) is 23.6 Å². The van der Waals surface area contributed by atoms with E-state index in [4.69, 9.17) is 23.7 Å². The van der Waals surface area contributed by atoms with Gasteiger partial charge >= 0.3 is 17.9 Å². The van der Waals surface area contributed by atoms with Crippen molar-refractivity contribution in [3.63, 3.8) is 0 Å². The molecule has 0 unspecified atom stereocenters. The van der Waals surface area contributed by atoms with Crippen LogP contribution in [0.1, 0.15) is 21.9 Å². The summed E-state index contributed by atoms with van der Waals surface area (Å²) in [6.07, 6.45) is 6.42. The molecule has 0 radical (unpaired) electrons. The summed E-state index contributed by atoms with van der Waals surface area (Å²) in [4.78, 5) is 37.3. The van der Waals surface area contributed by atoms with Gasteiger partial charge in [-0.3, -0.25) is 0 Å². The second-order valence-electron chi connectivity index (χ2n) is 6.62. The largest absolute Gasteiger partial charge is 0.486 e. The number of anilines is 1. The van der Waals surface area contributed by atoms with Gasteiger partial charge in [-0.2, -0.15) is 0 Å². The zero-order valence-corrected chi connectivity index (χ0v) is 17.7. The molecule has 1 aliphatic heterocycles. The highest BCUT2D eigenvalue weighted by Gasteiger charge is 2.28. The Morgan fingerprint density at radius 2 is 1.78 bits per heavy atom. The number of carboxylic acids is 1. The SMILES string of the molecule is COC(=O)C1=C(C(=O)OC)N(c2ccc(OCc3ccc(C(=O)O)o3)cc2C)C=CC=C1. The summed E-state index contributed by atoms with van der Waals surface area (Å²) in [6.45, 7) is 1.86. The molecule has 0 saturated heterocycles. The number of hydrogen-bond acceptors (Lipinski definition) is 8. The van der Waals surface area contributed by atoms with E-state index in [1.807, 2.05) is 6.92 Å². The first-order chi connectivity index (χ1) is 15.3. The van der Waals surface area contributed by atoms with Crippen LogP contribution < -0.4 is 9.64 Å². The minimum Gasteiger partial charge on any atom is -0.486 e. The molecule has 0 fully saturated rings. The minimum absolute atomic E-state index is 0.0119. The van der Waals surface area contributed by atoms with Gasteiger partial charge in [0.2, 0.25) is 5.76 Å². The van der Waals surface area contributed by atoms with Gasteiger partial charge in [-0.1, -0.05) is 6.08 Å². The van der Waals surface area contributed by atoms with Crippen molar-refractivity contribution in [2.45, 2.75) is 13.5 Å². The molecule has 0 atom stereocenters. The smallest absolute Gasteiger partial charge is 0.371 e. The fourth-order valence-corrected chi connectivity index (χ4v) is 3.06. The van der Waals surface area contributed by atoms with Gasteiger partial charge in [-0.15, -0.1) is 0 Å². The Labute approximate surface area is 183 Å². The zero-order valence-electron chi connectivity index (χ0n) is 17.7. The highest BCUT2D eigenvalue weighted by atomic mass is 16.5. The summed E-state index contributed by atoms with van der Waals surface area (Å²) in [7, 11) is 2.46. The number of allylic oxidation sites excluding steroid dienone is 2. The Morgan fingerprint density at radius 1 is 1.03 bits per heavy atom. The Bertz CT molecular complexity index is 1140. The Hall–Kier alpha value is -4.27. The molecular weight excluding hydrogens is 418 g/mol. The van der Waals surface area contributed by atoms with Gasteiger partial charge in [-0.25, -0.2) is 14.4 Å². The van der Waals surface area contributed by atoms with Gasteiger partial charge in [-0.05, 0) is 55.0 Å². The number of aryl methyl sites for hydroxylation is 1. The van der Waals surface area contributed by atoms with Gasteiger partial charge in [0.15, 0.2) is 0 Å². The number of carboxylic acid groups (broad SMARTS) is 1. The summed E-state index contributed by atoms with van der Waals surface area (Å²) < 4.78 is 20.6. The van der Waals surface area contributed by atoms with Crippen molar-refractivity contribution in [2.24, 2.45) is 0 Å². The molecule has 2 heterocycles. The number of aromatic carboxylic acids is 1. The Kier molecular flexibility index (Phi) is 6.79. The predicted molar refractivity (Wildman–Crippen MR) is 113 cm³/mol. The number of carbonyl (C=O) groups is 3. The topological polar surface area (TPSA) is 116 Å². The number of esters is 2. The zero-order chi connectivity index (χ0) is 23.3. The van der Waals surface area contributed by atoms with Crippen LogP contribution in [0.25, 0.3) is 0 Å². The molecule has 3 rings (SSSR count). The summed E-state index contributed by atoms with van der Waals surface area (Å²) in [5.41, 5.74) is 1.42. The Balaban J connectivity index is 1.89. The number of benzene rings is 1. The summed E-state index contributed by atoms with van der Waals surface area (Å²) in [6, 6.07) is 8.04. The summed E-state index contributed by atoms with van der Waals surface area (Å²) in [5.74, 6) is -1.82. The number of rotatable bonds is 7. The molecule has 1 aromatic carbocycles. The van der Waals surface area contributed by atoms with E-state index in [0.29, 0.717) is 17.2 Å². The van der Waals surface area contributed by atoms with Crippen molar-refractivity contribution in [3.8, 4) is 5.75 Å². The Morgan fingerprint density at radius 3 is 2.41 bits per heavy atom. The predicted octanol–water partition coefficient (Wildman–Crippen LogP) is 3.36. The first-order valence-electron chi connectivity index (χ1n) is 9.46. The molecule has 1 aromatic heterocycles. The van der Waals surface area contributed by atoms with Gasteiger partial charge < -0.3 is 28.6 Å².